The van der Waals surface area contributed by atoms with Crippen molar-refractivity contribution in [1.82, 2.24) is 10.2 Å². The zero-order valence-corrected chi connectivity index (χ0v) is 10.6. The number of nitrogens with one attached hydrogen (secondary N) is 1. The van der Waals surface area contributed by atoms with Crippen molar-refractivity contribution in [2.75, 3.05) is 12.3 Å². The Bertz CT molecular complexity index is 359. The summed E-state index contributed by atoms with van der Waals surface area (Å²) in [6.07, 6.45) is 2.09. The monoisotopic (exact) mass is 256 g/mol. The molecule has 0 aliphatic carbocycles. The van der Waals surface area contributed by atoms with Gasteiger partial charge in [-0.1, -0.05) is 18.7 Å². The Labute approximate surface area is 104 Å². The molecule has 0 saturated carbocycles. The van der Waals surface area contributed by atoms with E-state index >= 15 is 0 Å². The number of carbonyl (C=O) groups is 3. The van der Waals surface area contributed by atoms with Crippen LogP contribution in [0.3, 0.4) is 0 Å². The largest absolute Gasteiger partial charge is 0.342 e. The van der Waals surface area contributed by atoms with Crippen LogP contribution in [0.5, 0.6) is 0 Å². The lowest BCUT2D eigenvalue weighted by molar-refractivity contribution is -0.146. The highest BCUT2D eigenvalue weighted by Crippen LogP contribution is 2.23. The van der Waals surface area contributed by atoms with Gasteiger partial charge >= 0.3 is 0 Å². The number of nitrogens with zero attached hydrogens (tertiary/aromatic N) is 1. The first-order valence-corrected chi connectivity index (χ1v) is 6.88. The molecule has 2 aliphatic rings. The molecule has 17 heavy (non-hydrogen) atoms. The molecule has 1 N–H and O–H groups in total. The number of carbonyl (C=O) groups excluding carboxylic acids is 3. The minimum atomic E-state index is -0.530. The fraction of sp³-hybridized carbons (Fsp3) is 0.727. The van der Waals surface area contributed by atoms with E-state index in [0.29, 0.717) is 18.7 Å². The molecule has 0 aromatic carbocycles. The average molecular weight is 256 g/mol. The Morgan fingerprint density at radius 2 is 2.29 bits per heavy atom. The van der Waals surface area contributed by atoms with Crippen molar-refractivity contribution >= 4 is 28.7 Å². The summed E-state index contributed by atoms with van der Waals surface area (Å²) in [6.45, 7) is 2.45. The number of hydrogen-bond donors (Lipinski definition) is 1. The minimum Gasteiger partial charge on any atom is -0.342 e. The van der Waals surface area contributed by atoms with Crippen LogP contribution in [-0.4, -0.2) is 46.2 Å². The molecule has 2 fully saturated rings. The van der Waals surface area contributed by atoms with Crippen LogP contribution in [0.4, 0.5) is 0 Å². The Balaban J connectivity index is 1.97. The number of piperazine rings is 1. The fourth-order valence-electron chi connectivity index (χ4n) is 2.22. The summed E-state index contributed by atoms with van der Waals surface area (Å²) in [5.74, 6) is 0.237. The van der Waals surface area contributed by atoms with E-state index in [2.05, 4.69) is 5.32 Å². The van der Waals surface area contributed by atoms with E-state index < -0.39 is 6.04 Å². The molecule has 1 unspecified atom stereocenters. The Hall–Kier alpha value is -1.04. The number of amides is 2. The van der Waals surface area contributed by atoms with Crippen molar-refractivity contribution in [1.29, 1.82) is 0 Å². The molecule has 2 atom stereocenters. The van der Waals surface area contributed by atoms with Gasteiger partial charge in [0.2, 0.25) is 11.8 Å². The van der Waals surface area contributed by atoms with Crippen molar-refractivity contribution < 1.29 is 14.4 Å². The van der Waals surface area contributed by atoms with Gasteiger partial charge in [0, 0.05) is 18.7 Å². The Morgan fingerprint density at radius 3 is 3.00 bits per heavy atom. The molecule has 0 aromatic rings. The lowest BCUT2D eigenvalue weighted by atomic mass is 10.1. The van der Waals surface area contributed by atoms with Crippen molar-refractivity contribution in [3.8, 4) is 0 Å². The summed E-state index contributed by atoms with van der Waals surface area (Å²) in [7, 11) is 0. The summed E-state index contributed by atoms with van der Waals surface area (Å²) in [5.41, 5.74) is 0. The van der Waals surface area contributed by atoms with Crippen molar-refractivity contribution in [3.63, 3.8) is 0 Å². The molecule has 2 saturated heterocycles. The summed E-state index contributed by atoms with van der Waals surface area (Å²) in [6, 6.07) is -0.803. The second-order valence-electron chi connectivity index (χ2n) is 4.29. The smallest absolute Gasteiger partial charge is 0.246 e. The number of rotatable bonds is 3. The topological polar surface area (TPSA) is 66.5 Å². The van der Waals surface area contributed by atoms with Crippen LogP contribution in [0.15, 0.2) is 0 Å². The molecule has 5 nitrogen and oxygen atoms in total. The van der Waals surface area contributed by atoms with Crippen LogP contribution in [0.1, 0.15) is 26.2 Å². The van der Waals surface area contributed by atoms with E-state index in [9.17, 15) is 14.4 Å². The molecule has 0 radical (unpaired) electrons. The first kappa shape index (κ1) is 12.4. The number of hydrogen-bond acceptors (Lipinski definition) is 4. The van der Waals surface area contributed by atoms with E-state index in [0.717, 1.165) is 24.6 Å². The third kappa shape index (κ3) is 2.46. The maximum Gasteiger partial charge on any atom is 0.246 e. The predicted molar refractivity (Wildman–Crippen MR) is 64.4 cm³/mol. The summed E-state index contributed by atoms with van der Waals surface area (Å²) in [4.78, 5) is 36.6. The van der Waals surface area contributed by atoms with Gasteiger partial charge in [-0.25, -0.2) is 0 Å². The van der Waals surface area contributed by atoms with Crippen LogP contribution in [0, 0.1) is 0 Å². The maximum atomic E-state index is 12.0. The lowest BCUT2D eigenvalue weighted by Gasteiger charge is -2.34. The van der Waals surface area contributed by atoms with Crippen molar-refractivity contribution in [2.45, 2.75) is 38.3 Å². The SMILES string of the molecule is CCC(=O)SC[C@@H]1NC(=O)C2CCCN2C1=O. The third-order valence-corrected chi connectivity index (χ3v) is 4.26. The molecule has 0 bridgehead atoms. The third-order valence-electron chi connectivity index (χ3n) is 3.15. The van der Waals surface area contributed by atoms with Gasteiger partial charge in [-0.05, 0) is 12.8 Å². The van der Waals surface area contributed by atoms with E-state index in [-0.39, 0.29) is 23.0 Å². The van der Waals surface area contributed by atoms with E-state index in [1.807, 2.05) is 0 Å². The zero-order valence-electron chi connectivity index (χ0n) is 9.77. The molecule has 0 aromatic heterocycles. The van der Waals surface area contributed by atoms with E-state index in [1.54, 1.807) is 11.8 Å². The standard InChI is InChI=1S/C11H16N2O3S/c1-2-9(14)17-6-7-11(16)13-5-3-4-8(13)10(15)12-7/h7-8H,2-6H2,1H3,(H,12,15)/t7-,8?/m0/s1. The Kier molecular flexibility index (Phi) is 3.71. The predicted octanol–water partition coefficient (Wildman–Crippen LogP) is 0.146. The highest BCUT2D eigenvalue weighted by atomic mass is 32.2. The molecule has 6 heteroatoms. The first-order valence-electron chi connectivity index (χ1n) is 5.90. The molecular formula is C11H16N2O3S. The normalized spacial score (nSPS) is 27.9. The van der Waals surface area contributed by atoms with Crippen LogP contribution in [0.2, 0.25) is 0 Å². The van der Waals surface area contributed by atoms with Gasteiger partial charge in [0.05, 0.1) is 0 Å². The fourth-order valence-corrected chi connectivity index (χ4v) is 3.01. The highest BCUT2D eigenvalue weighted by molar-refractivity contribution is 8.13. The second-order valence-corrected chi connectivity index (χ2v) is 5.36. The number of fused-ring (bicyclic) bond motifs is 1. The van der Waals surface area contributed by atoms with Crippen LogP contribution < -0.4 is 5.32 Å². The van der Waals surface area contributed by atoms with Gasteiger partial charge in [-0.3, -0.25) is 14.4 Å². The van der Waals surface area contributed by atoms with Gasteiger partial charge in [0.1, 0.15) is 12.1 Å². The summed E-state index contributed by atoms with van der Waals surface area (Å²) in [5, 5.41) is 2.77. The summed E-state index contributed by atoms with van der Waals surface area (Å²) < 4.78 is 0. The zero-order chi connectivity index (χ0) is 12.4. The van der Waals surface area contributed by atoms with E-state index in [1.165, 1.54) is 0 Å². The average Bonchev–Trinajstić information content (AvgIpc) is 2.81. The van der Waals surface area contributed by atoms with Gasteiger partial charge in [-0.15, -0.1) is 0 Å². The quantitative estimate of drug-likeness (QED) is 0.780. The first-order chi connectivity index (χ1) is 8.13. The minimum absolute atomic E-state index is 0.0384. The Morgan fingerprint density at radius 1 is 1.53 bits per heavy atom. The molecule has 0 spiro atoms. The molecule has 2 amide bonds. The van der Waals surface area contributed by atoms with Crippen LogP contribution >= 0.6 is 11.8 Å². The van der Waals surface area contributed by atoms with Crippen molar-refractivity contribution in [3.05, 3.63) is 0 Å². The molecule has 2 rings (SSSR count). The molecule has 94 valence electrons. The van der Waals surface area contributed by atoms with Gasteiger partial charge in [0.25, 0.3) is 0 Å². The van der Waals surface area contributed by atoms with Gasteiger partial charge < -0.3 is 10.2 Å². The highest BCUT2D eigenvalue weighted by Gasteiger charge is 2.42. The van der Waals surface area contributed by atoms with Crippen molar-refractivity contribution in [2.24, 2.45) is 0 Å². The van der Waals surface area contributed by atoms with Crippen LogP contribution in [-0.2, 0) is 14.4 Å². The van der Waals surface area contributed by atoms with E-state index in [4.69, 9.17) is 0 Å². The van der Waals surface area contributed by atoms with Gasteiger partial charge in [-0.2, -0.15) is 0 Å². The second kappa shape index (κ2) is 5.08. The molecule has 2 aliphatic heterocycles. The molecular weight excluding hydrogens is 240 g/mol. The maximum absolute atomic E-state index is 12.0. The van der Waals surface area contributed by atoms with Crippen LogP contribution in [0.25, 0.3) is 0 Å². The lowest BCUT2D eigenvalue weighted by Crippen LogP contribution is -2.61. The number of thioether (sulfide) groups is 1. The van der Waals surface area contributed by atoms with Gasteiger partial charge in [0.15, 0.2) is 5.12 Å². The molecule has 2 heterocycles. The summed E-state index contributed by atoms with van der Waals surface area (Å²) >= 11 is 1.12.